The number of hydrogen-bond donors (Lipinski definition) is 0. The molecule has 0 radical (unpaired) electrons. The molecule has 0 aromatic heterocycles. The van der Waals surface area contributed by atoms with Crippen LogP contribution < -0.4 is 0 Å². The average Bonchev–Trinajstić information content (AvgIpc) is 3.01. The molecular formula is C34H32Cl2N2O5S2. The van der Waals surface area contributed by atoms with Crippen LogP contribution in [0.2, 0.25) is 10.0 Å². The summed E-state index contributed by atoms with van der Waals surface area (Å²) >= 11 is 12.6. The predicted octanol–water partition coefficient (Wildman–Crippen LogP) is 7.14. The second-order valence-corrected chi connectivity index (χ2v) is 16.4. The Labute approximate surface area is 274 Å². The molecule has 4 aromatic carbocycles. The van der Waals surface area contributed by atoms with Crippen LogP contribution in [0.4, 0.5) is 0 Å². The summed E-state index contributed by atoms with van der Waals surface area (Å²) in [6, 6.07) is 24.5. The van der Waals surface area contributed by atoms with Crippen LogP contribution in [0, 0.1) is 19.8 Å². The highest BCUT2D eigenvalue weighted by Crippen LogP contribution is 2.48. The summed E-state index contributed by atoms with van der Waals surface area (Å²) in [5, 5.41) is 0.910. The number of sulfonamides is 2. The Morgan fingerprint density at radius 1 is 0.667 bits per heavy atom. The first-order chi connectivity index (χ1) is 21.4. The highest BCUT2D eigenvalue weighted by molar-refractivity contribution is 7.89. The number of benzene rings is 4. The molecule has 2 saturated heterocycles. The summed E-state index contributed by atoms with van der Waals surface area (Å²) in [5.74, 6) is -1.08. The maximum absolute atomic E-state index is 14.6. The van der Waals surface area contributed by atoms with E-state index < -0.39 is 44.1 Å². The molecule has 0 bridgehead atoms. The van der Waals surface area contributed by atoms with Crippen LogP contribution in [0.3, 0.4) is 0 Å². The minimum atomic E-state index is -4.15. The number of rotatable bonds is 6. The van der Waals surface area contributed by atoms with Crippen molar-refractivity contribution < 1.29 is 21.6 Å². The third kappa shape index (κ3) is 6.10. The number of aryl methyl sites for hydroxylation is 2. The van der Waals surface area contributed by atoms with E-state index in [9.17, 15) is 21.6 Å². The molecule has 11 heteroatoms. The van der Waals surface area contributed by atoms with E-state index in [2.05, 4.69) is 0 Å². The number of Topliss-reactive ketones (excluding diaryl/α,β-unsaturated/α-hetero) is 1. The van der Waals surface area contributed by atoms with Crippen molar-refractivity contribution in [2.45, 2.75) is 54.6 Å². The van der Waals surface area contributed by atoms with Gasteiger partial charge in [-0.2, -0.15) is 8.61 Å². The molecule has 2 aliphatic rings. The summed E-state index contributed by atoms with van der Waals surface area (Å²) in [6.07, 6.45) is -0.0504. The quantitative estimate of drug-likeness (QED) is 0.216. The number of ketones is 1. The van der Waals surface area contributed by atoms with E-state index in [1.807, 2.05) is 13.8 Å². The molecule has 0 aliphatic carbocycles. The predicted molar refractivity (Wildman–Crippen MR) is 175 cm³/mol. The van der Waals surface area contributed by atoms with Gasteiger partial charge in [-0.15, -0.1) is 0 Å². The van der Waals surface area contributed by atoms with Gasteiger partial charge >= 0.3 is 0 Å². The minimum Gasteiger partial charge on any atom is -0.299 e. The summed E-state index contributed by atoms with van der Waals surface area (Å²) < 4.78 is 60.4. The number of hydrogen-bond acceptors (Lipinski definition) is 5. The fourth-order valence-corrected chi connectivity index (χ4v) is 10.3. The minimum absolute atomic E-state index is 0.0526. The van der Waals surface area contributed by atoms with Crippen molar-refractivity contribution in [2.75, 3.05) is 6.54 Å². The fraction of sp³-hybridized carbons (Fsp3) is 0.265. The van der Waals surface area contributed by atoms with E-state index in [0.717, 1.165) is 11.1 Å². The average molecular weight is 684 g/mol. The van der Waals surface area contributed by atoms with Gasteiger partial charge in [-0.3, -0.25) is 4.79 Å². The van der Waals surface area contributed by atoms with Gasteiger partial charge in [-0.1, -0.05) is 82.9 Å². The van der Waals surface area contributed by atoms with Crippen LogP contribution in [-0.2, 0) is 24.8 Å². The lowest BCUT2D eigenvalue weighted by Crippen LogP contribution is -2.60. The number of piperidine rings is 2. The summed E-state index contributed by atoms with van der Waals surface area (Å²) in [6.45, 7) is 3.57. The van der Waals surface area contributed by atoms with Crippen molar-refractivity contribution >= 4 is 49.0 Å². The van der Waals surface area contributed by atoms with Gasteiger partial charge in [0.2, 0.25) is 20.0 Å². The zero-order valence-electron chi connectivity index (χ0n) is 24.7. The first-order valence-electron chi connectivity index (χ1n) is 14.6. The summed E-state index contributed by atoms with van der Waals surface area (Å²) in [7, 11) is -8.24. The van der Waals surface area contributed by atoms with Crippen LogP contribution >= 0.6 is 23.2 Å². The van der Waals surface area contributed by atoms with E-state index in [1.165, 1.54) is 8.61 Å². The third-order valence-electron chi connectivity index (χ3n) is 8.81. The Kier molecular flexibility index (Phi) is 8.71. The molecule has 4 aromatic rings. The number of fused-ring (bicyclic) bond motifs is 1. The molecule has 2 aliphatic heterocycles. The standard InChI is InChI=1S/C34H32Cl2N2O5S2/c1-22-6-14-28(15-7-22)44(40,41)37-21-30-33(19-31(37)25-4-3-5-27(36)18-25)38(45(42,43)29-16-8-23(2)9-17-29)32(20-34(30)39)24-10-12-26(35)13-11-24/h3-18,30-33H,19-21H2,1-2H3/t30-,31?,32+,33+/m1/s1. The lowest BCUT2D eigenvalue weighted by atomic mass is 9.77. The zero-order chi connectivity index (χ0) is 32.1. The van der Waals surface area contributed by atoms with E-state index in [-0.39, 0.29) is 35.0 Å². The van der Waals surface area contributed by atoms with Crippen molar-refractivity contribution in [3.05, 3.63) is 129 Å². The van der Waals surface area contributed by atoms with Crippen LogP contribution in [0.25, 0.3) is 0 Å². The van der Waals surface area contributed by atoms with Gasteiger partial charge in [-0.05, 0) is 79.9 Å². The van der Waals surface area contributed by atoms with Gasteiger partial charge in [0.1, 0.15) is 5.78 Å². The van der Waals surface area contributed by atoms with Crippen molar-refractivity contribution in [3.8, 4) is 0 Å². The molecule has 4 atom stereocenters. The van der Waals surface area contributed by atoms with Crippen LogP contribution in [-0.4, -0.2) is 43.8 Å². The van der Waals surface area contributed by atoms with Gasteiger partial charge in [0.15, 0.2) is 0 Å². The Hall–Kier alpha value is -3.05. The van der Waals surface area contributed by atoms with E-state index in [0.29, 0.717) is 21.2 Å². The lowest BCUT2D eigenvalue weighted by Gasteiger charge is -2.51. The fourth-order valence-electron chi connectivity index (χ4n) is 6.47. The number of carbonyl (C=O) groups excluding carboxylic acids is 1. The molecular weight excluding hydrogens is 651 g/mol. The maximum Gasteiger partial charge on any atom is 0.243 e. The first kappa shape index (κ1) is 31.9. The number of halogens is 2. The highest BCUT2D eigenvalue weighted by atomic mass is 35.5. The summed E-state index contributed by atoms with van der Waals surface area (Å²) in [5.41, 5.74) is 3.07. The largest absolute Gasteiger partial charge is 0.299 e. The molecule has 1 unspecified atom stereocenters. The van der Waals surface area contributed by atoms with Gasteiger partial charge in [0.25, 0.3) is 0 Å². The van der Waals surface area contributed by atoms with Crippen LogP contribution in [0.15, 0.2) is 107 Å². The number of carbonyl (C=O) groups is 1. The zero-order valence-corrected chi connectivity index (χ0v) is 27.8. The number of nitrogens with zero attached hydrogens (tertiary/aromatic N) is 2. The Balaban J connectivity index is 1.51. The smallest absolute Gasteiger partial charge is 0.243 e. The van der Waals surface area contributed by atoms with Crippen molar-refractivity contribution in [1.82, 2.24) is 8.61 Å². The third-order valence-corrected chi connectivity index (χ3v) is 13.1. The monoisotopic (exact) mass is 682 g/mol. The Morgan fingerprint density at radius 2 is 1.24 bits per heavy atom. The highest BCUT2D eigenvalue weighted by Gasteiger charge is 2.54. The van der Waals surface area contributed by atoms with E-state index in [4.69, 9.17) is 23.2 Å². The molecule has 7 nitrogen and oxygen atoms in total. The van der Waals surface area contributed by atoms with Crippen molar-refractivity contribution in [1.29, 1.82) is 0 Å². The molecule has 234 valence electrons. The van der Waals surface area contributed by atoms with Gasteiger partial charge in [0.05, 0.1) is 21.9 Å². The molecule has 0 saturated carbocycles. The topological polar surface area (TPSA) is 91.8 Å². The van der Waals surface area contributed by atoms with E-state index in [1.54, 1.807) is 97.1 Å². The SMILES string of the molecule is Cc1ccc(S(=O)(=O)N2C[C@H]3C(=O)C[C@@H](c4ccc(Cl)cc4)N(S(=O)(=O)c4ccc(C)cc4)[C@H]3CC2c2cccc(Cl)c2)cc1. The molecule has 0 spiro atoms. The molecule has 45 heavy (non-hydrogen) atoms. The first-order valence-corrected chi connectivity index (χ1v) is 18.2. The second kappa shape index (κ2) is 12.3. The lowest BCUT2D eigenvalue weighted by molar-refractivity contribution is -0.132. The normalized spacial score (nSPS) is 23.1. The van der Waals surface area contributed by atoms with Crippen molar-refractivity contribution in [3.63, 3.8) is 0 Å². The molecule has 2 heterocycles. The Morgan fingerprint density at radius 3 is 1.82 bits per heavy atom. The van der Waals surface area contributed by atoms with E-state index >= 15 is 0 Å². The van der Waals surface area contributed by atoms with Gasteiger partial charge < -0.3 is 0 Å². The maximum atomic E-state index is 14.6. The Bertz CT molecular complexity index is 1950. The molecule has 2 fully saturated rings. The van der Waals surface area contributed by atoms with Gasteiger partial charge in [-0.25, -0.2) is 16.8 Å². The van der Waals surface area contributed by atoms with Gasteiger partial charge in [0, 0.05) is 35.0 Å². The van der Waals surface area contributed by atoms with Crippen LogP contribution in [0.1, 0.15) is 47.2 Å². The van der Waals surface area contributed by atoms with Crippen LogP contribution in [0.5, 0.6) is 0 Å². The summed E-state index contributed by atoms with van der Waals surface area (Å²) in [4.78, 5) is 14.2. The molecule has 0 amide bonds. The second-order valence-electron chi connectivity index (χ2n) is 11.8. The molecule has 0 N–H and O–H groups in total. The molecule has 6 rings (SSSR count). The van der Waals surface area contributed by atoms with Crippen molar-refractivity contribution in [2.24, 2.45) is 5.92 Å².